The van der Waals surface area contributed by atoms with Crippen LogP contribution in [-0.4, -0.2) is 28.0 Å². The molecule has 1 aromatic carbocycles. The fourth-order valence-electron chi connectivity index (χ4n) is 3.89. The van der Waals surface area contributed by atoms with Gasteiger partial charge < -0.3 is 14.8 Å². The summed E-state index contributed by atoms with van der Waals surface area (Å²) in [5, 5.41) is 3.00. The maximum absolute atomic E-state index is 12.7. The zero-order valence-electron chi connectivity index (χ0n) is 16.0. The number of benzene rings is 1. The van der Waals surface area contributed by atoms with Gasteiger partial charge in [-0.15, -0.1) is 11.3 Å². The van der Waals surface area contributed by atoms with Crippen LogP contribution >= 0.6 is 11.3 Å². The van der Waals surface area contributed by atoms with Gasteiger partial charge in [-0.25, -0.2) is 4.98 Å². The number of aryl methyl sites for hydroxylation is 2. The highest BCUT2D eigenvalue weighted by Gasteiger charge is 2.32. The molecule has 1 aliphatic heterocycles. The van der Waals surface area contributed by atoms with Crippen LogP contribution in [-0.2, 0) is 6.54 Å². The maximum atomic E-state index is 12.7. The topological polar surface area (TPSA) is 64.9 Å². The van der Waals surface area contributed by atoms with Crippen LogP contribution in [0.3, 0.4) is 0 Å². The van der Waals surface area contributed by atoms with Crippen LogP contribution in [0.4, 0.5) is 0 Å². The van der Waals surface area contributed by atoms with Crippen LogP contribution in [0.2, 0.25) is 0 Å². The fraction of sp³-hybridized carbons (Fsp3) is 0.429. The van der Waals surface area contributed by atoms with Gasteiger partial charge in [-0.1, -0.05) is 12.5 Å². The molecule has 6 nitrogen and oxygen atoms in total. The highest BCUT2D eigenvalue weighted by molar-refractivity contribution is 7.17. The Labute approximate surface area is 167 Å². The SMILES string of the molecule is Cc1cn2c(C(=O)NCc3ccc4c(c3)OCC(C3CCC3)O4)c(C)nc2s1. The zero-order valence-corrected chi connectivity index (χ0v) is 16.8. The van der Waals surface area contributed by atoms with E-state index in [1.54, 1.807) is 11.3 Å². The highest BCUT2D eigenvalue weighted by atomic mass is 32.1. The number of nitrogens with one attached hydrogen (secondary N) is 1. The zero-order chi connectivity index (χ0) is 19.3. The standard InChI is InChI=1S/C21H23N3O3S/c1-12-10-24-19(13(2)23-21(24)28-12)20(25)22-9-14-6-7-16-17(8-14)26-11-18(27-16)15-4-3-5-15/h6-8,10,15,18H,3-5,9,11H2,1-2H3,(H,22,25). The third-order valence-electron chi connectivity index (χ3n) is 5.65. The molecule has 2 aliphatic rings. The van der Waals surface area contributed by atoms with Crippen molar-refractivity contribution in [1.82, 2.24) is 14.7 Å². The summed E-state index contributed by atoms with van der Waals surface area (Å²) in [4.78, 5) is 19.2. The molecule has 28 heavy (non-hydrogen) atoms. The smallest absolute Gasteiger partial charge is 0.270 e. The van der Waals surface area contributed by atoms with Crippen molar-refractivity contribution in [2.75, 3.05) is 6.61 Å². The average molecular weight is 398 g/mol. The molecule has 0 spiro atoms. The van der Waals surface area contributed by atoms with Gasteiger partial charge in [-0.2, -0.15) is 0 Å². The second kappa shape index (κ2) is 6.81. The second-order valence-electron chi connectivity index (χ2n) is 7.66. The van der Waals surface area contributed by atoms with Crippen LogP contribution in [0.1, 0.15) is 45.9 Å². The van der Waals surface area contributed by atoms with Crippen LogP contribution in [0.25, 0.3) is 4.96 Å². The predicted octanol–water partition coefficient (Wildman–Crippen LogP) is 3.88. The Balaban J connectivity index is 1.28. The lowest BCUT2D eigenvalue weighted by Gasteiger charge is -2.36. The number of carbonyl (C=O) groups excluding carboxylic acids is 1. The van der Waals surface area contributed by atoms with E-state index in [2.05, 4.69) is 10.3 Å². The molecular weight excluding hydrogens is 374 g/mol. The minimum absolute atomic E-state index is 0.122. The van der Waals surface area contributed by atoms with E-state index in [0.717, 1.165) is 32.6 Å². The molecule has 1 amide bonds. The van der Waals surface area contributed by atoms with Crippen molar-refractivity contribution in [1.29, 1.82) is 0 Å². The number of fused-ring (bicyclic) bond motifs is 2. The van der Waals surface area contributed by atoms with E-state index in [1.165, 1.54) is 19.3 Å². The molecule has 1 unspecified atom stereocenters. The third kappa shape index (κ3) is 3.03. The van der Waals surface area contributed by atoms with E-state index in [1.807, 2.05) is 42.6 Å². The van der Waals surface area contributed by atoms with E-state index < -0.39 is 0 Å². The van der Waals surface area contributed by atoms with Gasteiger partial charge in [-0.3, -0.25) is 9.20 Å². The largest absolute Gasteiger partial charge is 0.486 e. The molecule has 1 fully saturated rings. The molecule has 0 radical (unpaired) electrons. The van der Waals surface area contributed by atoms with Gasteiger partial charge in [0, 0.05) is 17.6 Å². The fourth-order valence-corrected chi connectivity index (χ4v) is 4.76. The first-order valence-corrected chi connectivity index (χ1v) is 10.6. The molecular formula is C21H23N3O3S. The quantitative estimate of drug-likeness (QED) is 0.726. The van der Waals surface area contributed by atoms with Crippen molar-refractivity contribution >= 4 is 22.2 Å². The molecule has 146 valence electrons. The molecule has 1 saturated carbocycles. The number of hydrogen-bond donors (Lipinski definition) is 1. The normalized spacial score (nSPS) is 18.9. The maximum Gasteiger partial charge on any atom is 0.270 e. The number of ether oxygens (including phenoxy) is 2. The number of carbonyl (C=O) groups is 1. The Hall–Kier alpha value is -2.54. The van der Waals surface area contributed by atoms with Crippen molar-refractivity contribution in [2.45, 2.75) is 45.8 Å². The Morgan fingerprint density at radius 2 is 2.18 bits per heavy atom. The van der Waals surface area contributed by atoms with Crippen molar-refractivity contribution < 1.29 is 14.3 Å². The monoisotopic (exact) mass is 397 g/mol. The lowest BCUT2D eigenvalue weighted by atomic mass is 9.81. The average Bonchev–Trinajstić information content (AvgIpc) is 3.12. The van der Waals surface area contributed by atoms with E-state index in [9.17, 15) is 4.79 Å². The minimum Gasteiger partial charge on any atom is -0.486 e. The molecule has 7 heteroatoms. The molecule has 2 aromatic heterocycles. The van der Waals surface area contributed by atoms with Crippen LogP contribution in [0.15, 0.2) is 24.4 Å². The molecule has 0 saturated heterocycles. The van der Waals surface area contributed by atoms with E-state index in [-0.39, 0.29) is 12.0 Å². The Kier molecular flexibility index (Phi) is 4.27. The van der Waals surface area contributed by atoms with Gasteiger partial charge in [0.1, 0.15) is 18.4 Å². The van der Waals surface area contributed by atoms with Crippen LogP contribution < -0.4 is 14.8 Å². The van der Waals surface area contributed by atoms with E-state index in [0.29, 0.717) is 24.8 Å². The molecule has 3 heterocycles. The Bertz CT molecular complexity index is 1050. The van der Waals surface area contributed by atoms with Crippen LogP contribution in [0.5, 0.6) is 11.5 Å². The van der Waals surface area contributed by atoms with Crippen molar-refractivity contribution in [3.05, 3.63) is 46.2 Å². The summed E-state index contributed by atoms with van der Waals surface area (Å²) in [5.41, 5.74) is 2.32. The molecule has 0 bridgehead atoms. The van der Waals surface area contributed by atoms with Crippen molar-refractivity contribution in [3.63, 3.8) is 0 Å². The summed E-state index contributed by atoms with van der Waals surface area (Å²) < 4.78 is 13.9. The lowest BCUT2D eigenvalue weighted by molar-refractivity contribution is 0.0186. The summed E-state index contributed by atoms with van der Waals surface area (Å²) >= 11 is 1.58. The first-order chi connectivity index (χ1) is 13.6. The predicted molar refractivity (Wildman–Crippen MR) is 107 cm³/mol. The molecule has 1 atom stereocenters. The minimum atomic E-state index is -0.122. The van der Waals surface area contributed by atoms with Crippen molar-refractivity contribution in [2.24, 2.45) is 5.92 Å². The first kappa shape index (κ1) is 17.6. The Morgan fingerprint density at radius 3 is 2.96 bits per heavy atom. The van der Waals surface area contributed by atoms with Crippen molar-refractivity contribution in [3.8, 4) is 11.5 Å². The number of imidazole rings is 1. The van der Waals surface area contributed by atoms with Gasteiger partial charge in [-0.05, 0) is 50.3 Å². The summed E-state index contributed by atoms with van der Waals surface area (Å²) in [6.45, 7) is 4.92. The molecule has 5 rings (SSSR count). The second-order valence-corrected chi connectivity index (χ2v) is 8.88. The molecule has 1 aliphatic carbocycles. The summed E-state index contributed by atoms with van der Waals surface area (Å²) in [6.07, 6.45) is 5.89. The van der Waals surface area contributed by atoms with Gasteiger partial charge in [0.15, 0.2) is 16.5 Å². The number of amides is 1. The number of nitrogens with zero attached hydrogens (tertiary/aromatic N) is 2. The summed E-state index contributed by atoms with van der Waals surface area (Å²) in [7, 11) is 0. The summed E-state index contributed by atoms with van der Waals surface area (Å²) in [5.74, 6) is 2.07. The van der Waals surface area contributed by atoms with E-state index in [4.69, 9.17) is 9.47 Å². The first-order valence-electron chi connectivity index (χ1n) is 9.74. The van der Waals surface area contributed by atoms with Crippen LogP contribution in [0, 0.1) is 19.8 Å². The number of aromatic nitrogens is 2. The van der Waals surface area contributed by atoms with Gasteiger partial charge in [0.2, 0.25) is 0 Å². The van der Waals surface area contributed by atoms with E-state index >= 15 is 0 Å². The molecule has 3 aromatic rings. The Morgan fingerprint density at radius 1 is 1.32 bits per heavy atom. The number of rotatable bonds is 4. The lowest BCUT2D eigenvalue weighted by Crippen LogP contribution is -2.39. The third-order valence-corrected chi connectivity index (χ3v) is 6.55. The van der Waals surface area contributed by atoms with Gasteiger partial charge >= 0.3 is 0 Å². The molecule has 1 N–H and O–H groups in total. The highest BCUT2D eigenvalue weighted by Crippen LogP contribution is 2.38. The summed E-state index contributed by atoms with van der Waals surface area (Å²) in [6, 6.07) is 5.89. The van der Waals surface area contributed by atoms with Gasteiger partial charge in [0.05, 0.1) is 5.69 Å². The number of thiazole rings is 1. The van der Waals surface area contributed by atoms with Gasteiger partial charge in [0.25, 0.3) is 5.91 Å². The number of hydrogen-bond acceptors (Lipinski definition) is 5.